The molecule has 1 heterocycles. The molecule has 1 amide bonds. The average molecular weight is 196 g/mol. The van der Waals surface area contributed by atoms with Gasteiger partial charge in [-0.3, -0.25) is 4.79 Å². The fourth-order valence-electron chi connectivity index (χ4n) is 2.52. The molecule has 3 nitrogen and oxygen atoms in total. The molecular formula is C11H20N2O. The fraction of sp³-hybridized carbons (Fsp3) is 0.909. The van der Waals surface area contributed by atoms with Gasteiger partial charge in [-0.15, -0.1) is 0 Å². The van der Waals surface area contributed by atoms with E-state index in [1.807, 2.05) is 0 Å². The molecule has 2 N–H and O–H groups in total. The van der Waals surface area contributed by atoms with Crippen LogP contribution in [0.1, 0.15) is 39.0 Å². The summed E-state index contributed by atoms with van der Waals surface area (Å²) in [6, 6.07) is 0.395. The number of nitrogens with one attached hydrogen (secondary N) is 2. The normalized spacial score (nSPS) is 25.8. The molecule has 1 saturated heterocycles. The van der Waals surface area contributed by atoms with E-state index in [0.717, 1.165) is 32.4 Å². The molecule has 0 unspecified atom stereocenters. The van der Waals surface area contributed by atoms with Gasteiger partial charge in [0.05, 0.1) is 6.04 Å². The van der Waals surface area contributed by atoms with Crippen LogP contribution in [0.3, 0.4) is 0 Å². The third-order valence-electron chi connectivity index (χ3n) is 3.84. The number of hydrogen-bond donors (Lipinski definition) is 2. The van der Waals surface area contributed by atoms with Crippen LogP contribution < -0.4 is 10.6 Å². The molecule has 0 spiro atoms. The molecule has 3 heteroatoms. The van der Waals surface area contributed by atoms with Crippen LogP contribution in [0.2, 0.25) is 0 Å². The second-order valence-corrected chi connectivity index (χ2v) is 4.67. The van der Waals surface area contributed by atoms with Gasteiger partial charge >= 0.3 is 0 Å². The summed E-state index contributed by atoms with van der Waals surface area (Å²) in [6.45, 7) is 4.04. The fourth-order valence-corrected chi connectivity index (χ4v) is 2.52. The lowest BCUT2D eigenvalue weighted by molar-refractivity contribution is -0.132. The van der Waals surface area contributed by atoms with E-state index in [0.29, 0.717) is 11.9 Å². The summed E-state index contributed by atoms with van der Waals surface area (Å²) in [7, 11) is 0. The van der Waals surface area contributed by atoms with Gasteiger partial charge in [0.15, 0.2) is 0 Å². The van der Waals surface area contributed by atoms with Gasteiger partial charge in [-0.25, -0.2) is 0 Å². The number of amides is 1. The van der Waals surface area contributed by atoms with Crippen molar-refractivity contribution in [3.8, 4) is 0 Å². The van der Waals surface area contributed by atoms with Crippen molar-refractivity contribution in [2.24, 2.45) is 5.41 Å². The first-order valence-corrected chi connectivity index (χ1v) is 5.78. The zero-order chi connectivity index (χ0) is 10.0. The molecule has 0 aromatic heterocycles. The second kappa shape index (κ2) is 3.89. The molecule has 0 bridgehead atoms. The Bertz CT molecular complexity index is 217. The molecule has 0 atom stereocenters. The molecule has 1 aliphatic heterocycles. The van der Waals surface area contributed by atoms with Crippen LogP contribution in [-0.2, 0) is 4.79 Å². The van der Waals surface area contributed by atoms with E-state index >= 15 is 0 Å². The van der Waals surface area contributed by atoms with Crippen molar-refractivity contribution in [2.75, 3.05) is 13.1 Å². The van der Waals surface area contributed by atoms with Crippen molar-refractivity contribution < 1.29 is 4.79 Å². The van der Waals surface area contributed by atoms with Gasteiger partial charge in [0.2, 0.25) is 5.91 Å². The Morgan fingerprint density at radius 3 is 2.50 bits per heavy atom. The summed E-state index contributed by atoms with van der Waals surface area (Å²) in [6.07, 6.45) is 5.64. The monoisotopic (exact) mass is 196 g/mol. The largest absolute Gasteiger partial charge is 0.350 e. The van der Waals surface area contributed by atoms with Gasteiger partial charge in [-0.1, -0.05) is 19.8 Å². The van der Waals surface area contributed by atoms with E-state index in [1.54, 1.807) is 0 Å². The third-order valence-corrected chi connectivity index (χ3v) is 3.84. The van der Waals surface area contributed by atoms with Crippen LogP contribution in [0.5, 0.6) is 0 Å². The summed E-state index contributed by atoms with van der Waals surface area (Å²) in [5, 5.41) is 6.32. The van der Waals surface area contributed by atoms with E-state index in [4.69, 9.17) is 0 Å². The van der Waals surface area contributed by atoms with Crippen LogP contribution in [0.15, 0.2) is 0 Å². The summed E-state index contributed by atoms with van der Waals surface area (Å²) < 4.78 is 0. The first-order valence-electron chi connectivity index (χ1n) is 5.78. The Balaban J connectivity index is 1.92. The Labute approximate surface area is 85.6 Å². The van der Waals surface area contributed by atoms with Gasteiger partial charge in [-0.05, 0) is 19.3 Å². The lowest BCUT2D eigenvalue weighted by Gasteiger charge is -2.33. The number of rotatable bonds is 3. The van der Waals surface area contributed by atoms with Gasteiger partial charge < -0.3 is 10.6 Å². The van der Waals surface area contributed by atoms with Gasteiger partial charge in [0.25, 0.3) is 0 Å². The van der Waals surface area contributed by atoms with Crippen molar-refractivity contribution in [1.29, 1.82) is 0 Å². The summed E-state index contributed by atoms with van der Waals surface area (Å²) in [5.41, 5.74) is -0.0183. The summed E-state index contributed by atoms with van der Waals surface area (Å²) >= 11 is 0. The van der Waals surface area contributed by atoms with Gasteiger partial charge in [-0.2, -0.15) is 0 Å². The quantitative estimate of drug-likeness (QED) is 0.708. The second-order valence-electron chi connectivity index (χ2n) is 4.67. The van der Waals surface area contributed by atoms with Crippen LogP contribution in [-0.4, -0.2) is 25.0 Å². The predicted octanol–water partition coefficient (Wildman–Crippen LogP) is 1.04. The maximum atomic E-state index is 12.1. The van der Waals surface area contributed by atoms with Crippen LogP contribution >= 0.6 is 0 Å². The molecule has 0 aromatic carbocycles. The smallest absolute Gasteiger partial charge is 0.226 e. The highest BCUT2D eigenvalue weighted by molar-refractivity contribution is 5.83. The van der Waals surface area contributed by atoms with Crippen molar-refractivity contribution >= 4 is 5.91 Å². The highest BCUT2D eigenvalue weighted by Crippen LogP contribution is 2.41. The number of carbonyl (C=O) groups excluding carboxylic acids is 1. The minimum atomic E-state index is -0.0183. The molecule has 14 heavy (non-hydrogen) atoms. The first kappa shape index (κ1) is 9.97. The first-order chi connectivity index (χ1) is 6.77. The summed E-state index contributed by atoms with van der Waals surface area (Å²) in [5.74, 6) is 0.309. The van der Waals surface area contributed by atoms with Gasteiger partial charge in [0.1, 0.15) is 0 Å². The van der Waals surface area contributed by atoms with Gasteiger partial charge in [0, 0.05) is 18.5 Å². The minimum Gasteiger partial charge on any atom is -0.350 e. The van der Waals surface area contributed by atoms with E-state index in [1.165, 1.54) is 12.8 Å². The van der Waals surface area contributed by atoms with Crippen LogP contribution in [0.25, 0.3) is 0 Å². The van der Waals surface area contributed by atoms with E-state index in [2.05, 4.69) is 17.6 Å². The highest BCUT2D eigenvalue weighted by Gasteiger charge is 2.40. The standard InChI is InChI=1S/C11H20N2O/c1-2-11(5-3-4-6-11)10(14)13-9-7-12-8-9/h9,12H,2-8H2,1H3,(H,13,14). The van der Waals surface area contributed by atoms with Crippen LogP contribution in [0.4, 0.5) is 0 Å². The molecule has 2 fully saturated rings. The Kier molecular flexibility index (Phi) is 2.77. The van der Waals surface area contributed by atoms with Crippen molar-refractivity contribution in [1.82, 2.24) is 10.6 Å². The maximum absolute atomic E-state index is 12.1. The Hall–Kier alpha value is -0.570. The highest BCUT2D eigenvalue weighted by atomic mass is 16.2. The third kappa shape index (κ3) is 1.65. The lowest BCUT2D eigenvalue weighted by Crippen LogP contribution is -2.59. The van der Waals surface area contributed by atoms with Crippen LogP contribution in [0, 0.1) is 5.41 Å². The SMILES string of the molecule is CCC1(C(=O)NC2CNC2)CCCC1. The van der Waals surface area contributed by atoms with E-state index in [9.17, 15) is 4.79 Å². The molecule has 1 saturated carbocycles. The Morgan fingerprint density at radius 1 is 1.43 bits per heavy atom. The van der Waals surface area contributed by atoms with Crippen molar-refractivity contribution in [2.45, 2.75) is 45.1 Å². The molecule has 2 rings (SSSR count). The predicted molar refractivity (Wildman–Crippen MR) is 56.0 cm³/mol. The van der Waals surface area contributed by atoms with E-state index < -0.39 is 0 Å². The minimum absolute atomic E-state index is 0.0183. The molecular weight excluding hydrogens is 176 g/mol. The zero-order valence-electron chi connectivity index (χ0n) is 8.94. The molecule has 2 aliphatic rings. The lowest BCUT2D eigenvalue weighted by atomic mass is 9.82. The Morgan fingerprint density at radius 2 is 2.07 bits per heavy atom. The number of carbonyl (C=O) groups is 1. The van der Waals surface area contributed by atoms with Crippen molar-refractivity contribution in [3.05, 3.63) is 0 Å². The average Bonchev–Trinajstić information content (AvgIpc) is 2.60. The molecule has 0 aromatic rings. The molecule has 1 aliphatic carbocycles. The zero-order valence-corrected chi connectivity index (χ0v) is 8.94. The van der Waals surface area contributed by atoms with E-state index in [-0.39, 0.29) is 5.41 Å². The molecule has 80 valence electrons. The summed E-state index contributed by atoms with van der Waals surface area (Å²) in [4.78, 5) is 12.1. The maximum Gasteiger partial charge on any atom is 0.226 e. The topological polar surface area (TPSA) is 41.1 Å². The number of hydrogen-bond acceptors (Lipinski definition) is 2. The van der Waals surface area contributed by atoms with Crippen molar-refractivity contribution in [3.63, 3.8) is 0 Å². The molecule has 0 radical (unpaired) electrons.